The largest absolute Gasteiger partial charge is 0.326 e. The Balaban J connectivity index is 1.89. The second-order valence-electron chi connectivity index (χ2n) is 4.40. The van der Waals surface area contributed by atoms with Gasteiger partial charge in [0.1, 0.15) is 12.7 Å². The van der Waals surface area contributed by atoms with Crippen molar-refractivity contribution in [1.29, 1.82) is 0 Å². The third kappa shape index (κ3) is 2.94. The molecule has 3 rings (SSSR count). The number of rotatable bonds is 4. The maximum absolute atomic E-state index is 12.3. The van der Waals surface area contributed by atoms with Gasteiger partial charge in [0.25, 0.3) is 5.91 Å². The van der Waals surface area contributed by atoms with E-state index in [1.807, 2.05) is 30.3 Å². The molecular formula is C15H13N5O. The minimum absolute atomic E-state index is 0.215. The van der Waals surface area contributed by atoms with Gasteiger partial charge in [-0.15, -0.1) is 0 Å². The first-order valence-electron chi connectivity index (χ1n) is 6.44. The summed E-state index contributed by atoms with van der Waals surface area (Å²) < 4.78 is 1.60. The number of hydrogen-bond donors (Lipinski definition) is 1. The molecule has 1 N–H and O–H groups in total. The highest BCUT2D eigenvalue weighted by atomic mass is 16.1. The summed E-state index contributed by atoms with van der Waals surface area (Å²) >= 11 is 0. The van der Waals surface area contributed by atoms with E-state index in [9.17, 15) is 4.79 Å². The predicted octanol–water partition coefficient (Wildman–Crippen LogP) is 1.65. The van der Waals surface area contributed by atoms with Crippen LogP contribution in [0, 0.1) is 0 Å². The van der Waals surface area contributed by atoms with Gasteiger partial charge in [0, 0.05) is 12.4 Å². The molecule has 6 nitrogen and oxygen atoms in total. The first kappa shape index (κ1) is 13.0. The van der Waals surface area contributed by atoms with E-state index in [-0.39, 0.29) is 5.91 Å². The molecule has 2 heterocycles. The van der Waals surface area contributed by atoms with Crippen LogP contribution in [0.2, 0.25) is 0 Å². The Bertz CT molecular complexity index is 697. The average Bonchev–Trinajstić information content (AvgIpc) is 3.08. The number of amides is 1. The zero-order chi connectivity index (χ0) is 14.5. The minimum Gasteiger partial charge on any atom is -0.326 e. The van der Waals surface area contributed by atoms with Crippen molar-refractivity contribution in [3.8, 4) is 0 Å². The molecule has 0 spiro atoms. The molecule has 0 aliphatic rings. The minimum atomic E-state index is -0.415. The molecule has 6 heteroatoms. The second kappa shape index (κ2) is 5.96. The van der Waals surface area contributed by atoms with Crippen molar-refractivity contribution >= 4 is 5.91 Å². The third-order valence-corrected chi connectivity index (χ3v) is 3.01. The molecule has 0 aliphatic carbocycles. The fraction of sp³-hybridized carbons (Fsp3) is 0.0667. The number of pyridine rings is 1. The van der Waals surface area contributed by atoms with Gasteiger partial charge in [-0.2, -0.15) is 5.10 Å². The molecule has 0 aliphatic heterocycles. The van der Waals surface area contributed by atoms with Crippen LogP contribution in [-0.2, 0) is 0 Å². The van der Waals surface area contributed by atoms with Gasteiger partial charge >= 0.3 is 0 Å². The van der Waals surface area contributed by atoms with E-state index in [1.54, 1.807) is 29.3 Å². The highest BCUT2D eigenvalue weighted by Gasteiger charge is 2.17. The summed E-state index contributed by atoms with van der Waals surface area (Å²) in [4.78, 5) is 20.2. The Labute approximate surface area is 121 Å². The van der Waals surface area contributed by atoms with E-state index >= 15 is 0 Å². The maximum atomic E-state index is 12.3. The summed E-state index contributed by atoms with van der Waals surface area (Å²) in [7, 11) is 0. The Morgan fingerprint density at radius 3 is 2.62 bits per heavy atom. The van der Waals surface area contributed by atoms with Gasteiger partial charge in [0.05, 0.1) is 5.56 Å². The van der Waals surface area contributed by atoms with Crippen LogP contribution in [0.15, 0.2) is 67.5 Å². The van der Waals surface area contributed by atoms with Crippen molar-refractivity contribution in [2.75, 3.05) is 0 Å². The Morgan fingerprint density at radius 2 is 1.95 bits per heavy atom. The van der Waals surface area contributed by atoms with E-state index in [0.29, 0.717) is 5.56 Å². The normalized spacial score (nSPS) is 11.8. The summed E-state index contributed by atoms with van der Waals surface area (Å²) in [5, 5.41) is 7.05. The lowest BCUT2D eigenvalue weighted by Gasteiger charge is -2.19. The molecule has 3 aromatic rings. The first-order valence-corrected chi connectivity index (χ1v) is 6.44. The third-order valence-electron chi connectivity index (χ3n) is 3.01. The van der Waals surface area contributed by atoms with Crippen molar-refractivity contribution in [3.05, 3.63) is 78.6 Å². The summed E-state index contributed by atoms with van der Waals surface area (Å²) in [6, 6.07) is 13.0. The lowest BCUT2D eigenvalue weighted by molar-refractivity contribution is 0.0926. The molecule has 21 heavy (non-hydrogen) atoms. The van der Waals surface area contributed by atoms with Crippen LogP contribution in [0.25, 0.3) is 0 Å². The van der Waals surface area contributed by atoms with Crippen LogP contribution in [0.1, 0.15) is 22.1 Å². The number of aromatic nitrogens is 4. The second-order valence-corrected chi connectivity index (χ2v) is 4.40. The number of benzene rings is 1. The van der Waals surface area contributed by atoms with Crippen molar-refractivity contribution in [2.24, 2.45) is 0 Å². The van der Waals surface area contributed by atoms with Crippen molar-refractivity contribution < 1.29 is 4.79 Å². The molecule has 1 atom stereocenters. The molecule has 0 saturated heterocycles. The Kier molecular flexibility index (Phi) is 3.68. The Hall–Kier alpha value is -3.02. The summed E-state index contributed by atoms with van der Waals surface area (Å²) in [6.45, 7) is 0. The van der Waals surface area contributed by atoms with Crippen LogP contribution >= 0.6 is 0 Å². The Morgan fingerprint density at radius 1 is 1.10 bits per heavy atom. The molecule has 0 saturated carbocycles. The van der Waals surface area contributed by atoms with Gasteiger partial charge in [0.15, 0.2) is 6.17 Å². The van der Waals surface area contributed by atoms with E-state index < -0.39 is 6.17 Å². The van der Waals surface area contributed by atoms with Crippen LogP contribution in [0.5, 0.6) is 0 Å². The van der Waals surface area contributed by atoms with E-state index in [4.69, 9.17) is 0 Å². The standard InChI is InChI=1S/C15H13N5O/c21-15(13-7-4-8-16-9-13)19-14(20-11-17-10-18-20)12-5-2-1-3-6-12/h1-11,14H,(H,19,21). The van der Waals surface area contributed by atoms with Crippen LogP contribution in [0.4, 0.5) is 0 Å². The van der Waals surface area contributed by atoms with Gasteiger partial charge in [0.2, 0.25) is 0 Å². The molecular weight excluding hydrogens is 266 g/mol. The average molecular weight is 279 g/mol. The fourth-order valence-corrected chi connectivity index (χ4v) is 1.99. The monoisotopic (exact) mass is 279 g/mol. The van der Waals surface area contributed by atoms with E-state index in [1.165, 1.54) is 12.5 Å². The van der Waals surface area contributed by atoms with Crippen LogP contribution in [0.3, 0.4) is 0 Å². The highest BCUT2D eigenvalue weighted by molar-refractivity contribution is 5.94. The quantitative estimate of drug-likeness (QED) is 0.788. The number of carbonyl (C=O) groups is 1. The van der Waals surface area contributed by atoms with E-state index in [0.717, 1.165) is 5.56 Å². The topological polar surface area (TPSA) is 72.7 Å². The highest BCUT2D eigenvalue weighted by Crippen LogP contribution is 2.14. The van der Waals surface area contributed by atoms with Crippen molar-refractivity contribution in [1.82, 2.24) is 25.1 Å². The lowest BCUT2D eigenvalue weighted by atomic mass is 10.1. The van der Waals surface area contributed by atoms with Gasteiger partial charge in [-0.3, -0.25) is 9.78 Å². The smallest absolute Gasteiger partial charge is 0.254 e. The molecule has 1 aromatic carbocycles. The molecule has 0 bridgehead atoms. The summed E-state index contributed by atoms with van der Waals surface area (Å²) in [5.74, 6) is -0.215. The molecule has 0 radical (unpaired) electrons. The molecule has 1 unspecified atom stereocenters. The SMILES string of the molecule is O=C(NC(c1ccccc1)n1cncn1)c1cccnc1. The zero-order valence-electron chi connectivity index (χ0n) is 11.1. The first-order chi connectivity index (χ1) is 10.3. The number of hydrogen-bond acceptors (Lipinski definition) is 4. The van der Waals surface area contributed by atoms with Gasteiger partial charge in [-0.1, -0.05) is 30.3 Å². The molecule has 0 fully saturated rings. The van der Waals surface area contributed by atoms with Crippen LogP contribution in [-0.4, -0.2) is 25.7 Å². The van der Waals surface area contributed by atoms with Crippen molar-refractivity contribution in [3.63, 3.8) is 0 Å². The molecule has 2 aromatic heterocycles. The summed E-state index contributed by atoms with van der Waals surface area (Å²) in [5.41, 5.74) is 1.42. The molecule has 104 valence electrons. The van der Waals surface area contributed by atoms with E-state index in [2.05, 4.69) is 20.4 Å². The maximum Gasteiger partial charge on any atom is 0.254 e. The number of nitrogens with one attached hydrogen (secondary N) is 1. The fourth-order valence-electron chi connectivity index (χ4n) is 1.99. The van der Waals surface area contributed by atoms with Crippen molar-refractivity contribution in [2.45, 2.75) is 6.17 Å². The van der Waals surface area contributed by atoms with Gasteiger partial charge in [-0.05, 0) is 17.7 Å². The number of carbonyl (C=O) groups excluding carboxylic acids is 1. The lowest BCUT2D eigenvalue weighted by Crippen LogP contribution is -2.33. The van der Waals surface area contributed by atoms with Gasteiger partial charge < -0.3 is 5.32 Å². The number of nitrogens with zero attached hydrogens (tertiary/aromatic N) is 4. The predicted molar refractivity (Wildman–Crippen MR) is 76.3 cm³/mol. The summed E-state index contributed by atoms with van der Waals surface area (Å²) in [6.07, 6.45) is 5.75. The molecule has 1 amide bonds. The zero-order valence-corrected chi connectivity index (χ0v) is 11.1. The van der Waals surface area contributed by atoms with Gasteiger partial charge in [-0.25, -0.2) is 9.67 Å². The van der Waals surface area contributed by atoms with Crippen LogP contribution < -0.4 is 5.32 Å².